The van der Waals surface area contributed by atoms with Crippen molar-refractivity contribution in [3.63, 3.8) is 0 Å². The fourth-order valence-corrected chi connectivity index (χ4v) is 1.76. The topological polar surface area (TPSA) is 47.0 Å². The molecule has 106 valence electrons. The van der Waals surface area contributed by atoms with Gasteiger partial charge in [-0.2, -0.15) is 4.98 Å². The summed E-state index contributed by atoms with van der Waals surface area (Å²) in [6.45, 7) is 5.89. The highest BCUT2D eigenvalue weighted by atomic mass is 19.1. The smallest absolute Gasteiger partial charge is 0.227 e. The first-order valence-corrected chi connectivity index (χ1v) is 6.51. The molecule has 0 radical (unpaired) electrons. The van der Waals surface area contributed by atoms with Crippen LogP contribution in [0.4, 0.5) is 10.2 Å². The summed E-state index contributed by atoms with van der Waals surface area (Å²) in [7, 11) is 1.80. The minimum atomic E-state index is -0.341. The van der Waals surface area contributed by atoms with Crippen molar-refractivity contribution in [2.75, 3.05) is 12.4 Å². The van der Waals surface area contributed by atoms with Crippen molar-refractivity contribution in [2.24, 2.45) is 0 Å². The van der Waals surface area contributed by atoms with Gasteiger partial charge in [-0.25, -0.2) is 9.37 Å². The van der Waals surface area contributed by atoms with E-state index < -0.39 is 0 Å². The van der Waals surface area contributed by atoms with E-state index in [-0.39, 0.29) is 11.7 Å². The molecule has 0 aliphatic rings. The van der Waals surface area contributed by atoms with E-state index in [1.165, 1.54) is 12.1 Å². The average molecular weight is 275 g/mol. The maximum atomic E-state index is 13.2. The zero-order valence-electron chi connectivity index (χ0n) is 12.1. The molecule has 0 unspecified atom stereocenters. The van der Waals surface area contributed by atoms with Gasteiger partial charge in [0.05, 0.1) is 5.56 Å². The summed E-state index contributed by atoms with van der Waals surface area (Å²) in [6.07, 6.45) is 0. The van der Waals surface area contributed by atoms with Crippen LogP contribution in [0.5, 0.6) is 11.6 Å². The van der Waals surface area contributed by atoms with Crippen LogP contribution in [-0.2, 0) is 0 Å². The normalized spacial score (nSPS) is 10.7. The fourth-order valence-electron chi connectivity index (χ4n) is 1.76. The van der Waals surface area contributed by atoms with E-state index >= 15 is 0 Å². The Hall–Kier alpha value is -2.17. The van der Waals surface area contributed by atoms with E-state index in [1.807, 2.05) is 20.8 Å². The number of hydrogen-bond acceptors (Lipinski definition) is 4. The van der Waals surface area contributed by atoms with Crippen LogP contribution in [0.15, 0.2) is 24.3 Å². The van der Waals surface area contributed by atoms with Gasteiger partial charge in [0, 0.05) is 19.0 Å². The third kappa shape index (κ3) is 3.04. The summed E-state index contributed by atoms with van der Waals surface area (Å²) >= 11 is 0. The van der Waals surface area contributed by atoms with Gasteiger partial charge >= 0.3 is 0 Å². The summed E-state index contributed by atoms with van der Waals surface area (Å²) < 4.78 is 18.9. The predicted octanol–water partition coefficient (Wildman–Crippen LogP) is 3.88. The van der Waals surface area contributed by atoms with E-state index in [4.69, 9.17) is 4.74 Å². The molecule has 0 bridgehead atoms. The molecule has 0 fully saturated rings. The van der Waals surface area contributed by atoms with Crippen LogP contribution in [0.1, 0.15) is 31.2 Å². The fraction of sp³-hybridized carbons (Fsp3) is 0.333. The number of ether oxygens (including phenoxy) is 1. The minimum absolute atomic E-state index is 0.178. The number of nitrogens with zero attached hydrogens (tertiary/aromatic N) is 2. The van der Waals surface area contributed by atoms with Gasteiger partial charge in [0.1, 0.15) is 23.2 Å². The molecular weight excluding hydrogens is 257 g/mol. The molecule has 1 N–H and O–H groups in total. The second kappa shape index (κ2) is 5.86. The van der Waals surface area contributed by atoms with Crippen LogP contribution in [0.25, 0.3) is 0 Å². The van der Waals surface area contributed by atoms with E-state index in [1.54, 1.807) is 19.2 Å². The lowest BCUT2D eigenvalue weighted by Gasteiger charge is -2.14. The molecule has 1 aromatic carbocycles. The summed E-state index contributed by atoms with van der Waals surface area (Å²) in [6, 6.07) is 6.00. The zero-order chi connectivity index (χ0) is 14.7. The van der Waals surface area contributed by atoms with E-state index in [2.05, 4.69) is 15.3 Å². The molecule has 2 rings (SSSR count). The Bertz CT molecular complexity index is 614. The molecule has 4 nitrogen and oxygen atoms in total. The quantitative estimate of drug-likeness (QED) is 0.919. The number of anilines is 1. The summed E-state index contributed by atoms with van der Waals surface area (Å²) in [5.41, 5.74) is 0.793. The van der Waals surface area contributed by atoms with Gasteiger partial charge in [-0.1, -0.05) is 19.9 Å². The predicted molar refractivity (Wildman–Crippen MR) is 76.9 cm³/mol. The standard InChI is InChI=1S/C15H18FN3O/c1-9(2)13-18-14(17-4)10(3)15(19-13)20-12-7-5-6-11(16)8-12/h5-9H,1-4H3,(H,17,18,19). The Kier molecular flexibility index (Phi) is 4.17. The maximum absolute atomic E-state index is 13.2. The average Bonchev–Trinajstić information content (AvgIpc) is 2.41. The van der Waals surface area contributed by atoms with Gasteiger partial charge in [0.2, 0.25) is 5.88 Å². The Labute approximate surface area is 118 Å². The molecule has 1 heterocycles. The second-order valence-corrected chi connectivity index (χ2v) is 4.82. The number of benzene rings is 1. The van der Waals surface area contributed by atoms with Crippen molar-refractivity contribution in [3.05, 3.63) is 41.5 Å². The highest BCUT2D eigenvalue weighted by molar-refractivity contribution is 5.49. The Morgan fingerprint density at radius 1 is 1.25 bits per heavy atom. The molecule has 0 saturated carbocycles. The summed E-state index contributed by atoms with van der Waals surface area (Å²) in [5, 5.41) is 3.02. The van der Waals surface area contributed by atoms with E-state index in [0.717, 1.165) is 11.4 Å². The molecule has 2 aromatic rings. The summed E-state index contributed by atoms with van der Waals surface area (Å²) in [4.78, 5) is 8.84. The SMILES string of the molecule is CNc1nc(C(C)C)nc(Oc2cccc(F)c2)c1C. The van der Waals surface area contributed by atoms with Crippen molar-refractivity contribution in [1.29, 1.82) is 0 Å². The second-order valence-electron chi connectivity index (χ2n) is 4.82. The van der Waals surface area contributed by atoms with E-state index in [9.17, 15) is 4.39 Å². The van der Waals surface area contributed by atoms with Crippen LogP contribution in [-0.4, -0.2) is 17.0 Å². The van der Waals surface area contributed by atoms with Crippen LogP contribution in [0.3, 0.4) is 0 Å². The van der Waals surface area contributed by atoms with Crippen LogP contribution < -0.4 is 10.1 Å². The molecule has 5 heteroatoms. The molecule has 0 atom stereocenters. The van der Waals surface area contributed by atoms with Crippen molar-refractivity contribution < 1.29 is 9.13 Å². The van der Waals surface area contributed by atoms with Gasteiger partial charge in [-0.3, -0.25) is 0 Å². The molecule has 0 spiro atoms. The monoisotopic (exact) mass is 275 g/mol. The van der Waals surface area contributed by atoms with Crippen LogP contribution in [0.2, 0.25) is 0 Å². The number of rotatable bonds is 4. The lowest BCUT2D eigenvalue weighted by Crippen LogP contribution is -2.06. The third-order valence-corrected chi connectivity index (χ3v) is 2.88. The van der Waals surface area contributed by atoms with Crippen LogP contribution >= 0.6 is 0 Å². The lowest BCUT2D eigenvalue weighted by molar-refractivity contribution is 0.449. The first-order chi connectivity index (χ1) is 9.51. The van der Waals surface area contributed by atoms with Crippen LogP contribution in [0, 0.1) is 12.7 Å². The highest BCUT2D eigenvalue weighted by Crippen LogP contribution is 2.28. The number of halogens is 1. The van der Waals surface area contributed by atoms with Gasteiger partial charge in [-0.15, -0.1) is 0 Å². The van der Waals surface area contributed by atoms with Gasteiger partial charge in [0.15, 0.2) is 0 Å². The van der Waals surface area contributed by atoms with E-state index in [0.29, 0.717) is 17.5 Å². The third-order valence-electron chi connectivity index (χ3n) is 2.88. The largest absolute Gasteiger partial charge is 0.438 e. The molecule has 0 aliphatic carbocycles. The van der Waals surface area contributed by atoms with Crippen molar-refractivity contribution >= 4 is 5.82 Å². The molecule has 0 saturated heterocycles. The first kappa shape index (κ1) is 14.2. The number of aromatic nitrogens is 2. The minimum Gasteiger partial charge on any atom is -0.438 e. The lowest BCUT2D eigenvalue weighted by atomic mass is 10.2. The van der Waals surface area contributed by atoms with Gasteiger partial charge < -0.3 is 10.1 Å². The molecule has 0 amide bonds. The molecular formula is C15H18FN3O. The molecule has 20 heavy (non-hydrogen) atoms. The van der Waals surface area contributed by atoms with Crippen molar-refractivity contribution in [1.82, 2.24) is 9.97 Å². The van der Waals surface area contributed by atoms with Crippen molar-refractivity contribution in [3.8, 4) is 11.6 Å². The number of nitrogens with one attached hydrogen (secondary N) is 1. The first-order valence-electron chi connectivity index (χ1n) is 6.51. The Balaban J connectivity index is 2.42. The summed E-state index contributed by atoms with van der Waals surface area (Å²) in [5.74, 6) is 2.10. The van der Waals surface area contributed by atoms with Crippen molar-refractivity contribution in [2.45, 2.75) is 26.7 Å². The molecule has 1 aromatic heterocycles. The highest BCUT2D eigenvalue weighted by Gasteiger charge is 2.14. The van der Waals surface area contributed by atoms with Gasteiger partial charge in [0.25, 0.3) is 0 Å². The van der Waals surface area contributed by atoms with Gasteiger partial charge in [-0.05, 0) is 19.1 Å². The Morgan fingerprint density at radius 3 is 2.60 bits per heavy atom. The zero-order valence-corrected chi connectivity index (χ0v) is 12.1. The molecule has 0 aliphatic heterocycles. The number of hydrogen-bond donors (Lipinski definition) is 1. The Morgan fingerprint density at radius 2 is 2.00 bits per heavy atom. The maximum Gasteiger partial charge on any atom is 0.227 e.